The number of amides is 1. The first kappa shape index (κ1) is 18.2. The normalized spacial score (nSPS) is 11.8. The third-order valence-corrected chi connectivity index (χ3v) is 5.30. The van der Waals surface area contributed by atoms with Gasteiger partial charge in [-0.3, -0.25) is 4.79 Å². The Balaban J connectivity index is 1.83. The van der Waals surface area contributed by atoms with E-state index in [0.29, 0.717) is 6.54 Å². The molecule has 0 N–H and O–H groups in total. The van der Waals surface area contributed by atoms with Crippen LogP contribution in [0, 0.1) is 0 Å². The molecule has 0 aliphatic rings. The lowest BCUT2D eigenvalue weighted by molar-refractivity contribution is 0.0676. The largest absolute Gasteiger partial charge is 0.497 e. The highest BCUT2D eigenvalue weighted by atomic mass is 32.1. The predicted octanol–water partition coefficient (Wildman–Crippen LogP) is 5.03. The van der Waals surface area contributed by atoms with Crippen LogP contribution in [0.1, 0.15) is 27.7 Å². The molecule has 0 radical (unpaired) electrons. The highest BCUT2D eigenvalue weighted by Crippen LogP contribution is 2.20. The maximum absolute atomic E-state index is 13.1. The van der Waals surface area contributed by atoms with Crippen molar-refractivity contribution in [1.29, 1.82) is 0 Å². The summed E-state index contributed by atoms with van der Waals surface area (Å²) in [5.74, 6) is 0.881. The molecule has 4 heteroatoms. The molecule has 0 bridgehead atoms. The number of carbonyl (C=O) groups is 1. The van der Waals surface area contributed by atoms with E-state index in [2.05, 4.69) is 24.4 Å². The standard InChI is InChI=1S/C22H23NO2S/c1-17(15-21-9-6-14-26-21)23(22(24)19-7-4-3-5-8-19)16-18-10-12-20(25-2)13-11-18/h3-14,17H,15-16H2,1-2H3. The van der Waals surface area contributed by atoms with Crippen LogP contribution in [-0.2, 0) is 13.0 Å². The second-order valence-electron chi connectivity index (χ2n) is 6.28. The fraction of sp³-hybridized carbons (Fsp3) is 0.227. The molecule has 3 rings (SSSR count). The Bertz CT molecular complexity index is 813. The molecule has 1 heterocycles. The van der Waals surface area contributed by atoms with Crippen LogP contribution in [0.2, 0.25) is 0 Å². The van der Waals surface area contributed by atoms with Crippen LogP contribution < -0.4 is 4.74 Å². The van der Waals surface area contributed by atoms with Crippen LogP contribution in [0.15, 0.2) is 72.1 Å². The number of hydrogen-bond acceptors (Lipinski definition) is 3. The Morgan fingerprint density at radius 1 is 1.04 bits per heavy atom. The van der Waals surface area contributed by atoms with Gasteiger partial charge < -0.3 is 9.64 Å². The zero-order chi connectivity index (χ0) is 18.4. The monoisotopic (exact) mass is 365 g/mol. The molecule has 3 aromatic rings. The summed E-state index contributed by atoms with van der Waals surface area (Å²) in [5.41, 5.74) is 1.81. The zero-order valence-corrected chi connectivity index (χ0v) is 15.9. The number of nitrogens with zero attached hydrogens (tertiary/aromatic N) is 1. The van der Waals surface area contributed by atoms with Gasteiger partial charge in [0.1, 0.15) is 5.75 Å². The van der Waals surface area contributed by atoms with E-state index in [9.17, 15) is 4.79 Å². The first-order chi connectivity index (χ1) is 12.7. The van der Waals surface area contributed by atoms with Crippen LogP contribution >= 0.6 is 11.3 Å². The third kappa shape index (κ3) is 4.52. The van der Waals surface area contributed by atoms with Gasteiger partial charge in [-0.2, -0.15) is 0 Å². The van der Waals surface area contributed by atoms with Crippen molar-refractivity contribution >= 4 is 17.2 Å². The number of methoxy groups -OCH3 is 1. The van der Waals surface area contributed by atoms with Crippen LogP contribution in [0.25, 0.3) is 0 Å². The highest BCUT2D eigenvalue weighted by molar-refractivity contribution is 7.09. The quantitative estimate of drug-likeness (QED) is 0.588. The maximum Gasteiger partial charge on any atom is 0.254 e. The molecule has 1 aromatic heterocycles. The lowest BCUT2D eigenvalue weighted by Gasteiger charge is -2.29. The van der Waals surface area contributed by atoms with Crippen molar-refractivity contribution in [2.24, 2.45) is 0 Å². The summed E-state index contributed by atoms with van der Waals surface area (Å²) in [5, 5.41) is 2.08. The lowest BCUT2D eigenvalue weighted by atomic mass is 10.1. The van der Waals surface area contributed by atoms with Crippen molar-refractivity contribution in [2.45, 2.75) is 25.9 Å². The second-order valence-corrected chi connectivity index (χ2v) is 7.31. The summed E-state index contributed by atoms with van der Waals surface area (Å²) >= 11 is 1.73. The van der Waals surface area contributed by atoms with Crippen molar-refractivity contribution in [3.8, 4) is 5.75 Å². The van der Waals surface area contributed by atoms with Crippen molar-refractivity contribution in [2.75, 3.05) is 7.11 Å². The number of hydrogen-bond donors (Lipinski definition) is 0. The zero-order valence-electron chi connectivity index (χ0n) is 15.1. The summed E-state index contributed by atoms with van der Waals surface area (Å²) in [6, 6.07) is 21.7. The number of ether oxygens (including phenoxy) is 1. The summed E-state index contributed by atoms with van der Waals surface area (Å²) in [4.78, 5) is 16.4. The first-order valence-electron chi connectivity index (χ1n) is 8.68. The van der Waals surface area contributed by atoms with Crippen LogP contribution in [-0.4, -0.2) is 24.0 Å². The highest BCUT2D eigenvalue weighted by Gasteiger charge is 2.22. The Morgan fingerprint density at radius 2 is 1.77 bits per heavy atom. The maximum atomic E-state index is 13.1. The molecule has 1 atom stereocenters. The van der Waals surface area contributed by atoms with Gasteiger partial charge in [-0.15, -0.1) is 11.3 Å². The van der Waals surface area contributed by atoms with E-state index in [1.165, 1.54) is 4.88 Å². The van der Waals surface area contributed by atoms with Crippen LogP contribution in [0.5, 0.6) is 5.75 Å². The lowest BCUT2D eigenvalue weighted by Crippen LogP contribution is -2.39. The molecule has 0 saturated heterocycles. The number of benzene rings is 2. The fourth-order valence-electron chi connectivity index (χ4n) is 2.93. The minimum Gasteiger partial charge on any atom is -0.497 e. The molecule has 1 unspecified atom stereocenters. The predicted molar refractivity (Wildman–Crippen MR) is 107 cm³/mol. The van der Waals surface area contributed by atoms with Crippen LogP contribution in [0.3, 0.4) is 0 Å². The molecule has 1 amide bonds. The van der Waals surface area contributed by atoms with Crippen LogP contribution in [0.4, 0.5) is 0 Å². The molecule has 134 valence electrons. The second kappa shape index (κ2) is 8.68. The minimum atomic E-state index is 0.0606. The molecular formula is C22H23NO2S. The van der Waals surface area contributed by atoms with Gasteiger partial charge in [0.15, 0.2) is 0 Å². The van der Waals surface area contributed by atoms with Gasteiger partial charge in [-0.25, -0.2) is 0 Å². The van der Waals surface area contributed by atoms with E-state index >= 15 is 0 Å². The Kier molecular flexibility index (Phi) is 6.08. The molecule has 2 aromatic carbocycles. The van der Waals surface area contributed by atoms with Gasteiger partial charge in [-0.1, -0.05) is 36.4 Å². The molecule has 26 heavy (non-hydrogen) atoms. The Morgan fingerprint density at radius 3 is 2.38 bits per heavy atom. The molecule has 0 fully saturated rings. The summed E-state index contributed by atoms with van der Waals surface area (Å²) in [6.07, 6.45) is 0.854. The van der Waals surface area contributed by atoms with Gasteiger partial charge in [0.2, 0.25) is 0 Å². The van der Waals surface area contributed by atoms with Gasteiger partial charge in [0.25, 0.3) is 5.91 Å². The SMILES string of the molecule is COc1ccc(CN(C(=O)c2ccccc2)C(C)Cc2cccs2)cc1. The molecule has 0 aliphatic heterocycles. The van der Waals surface area contributed by atoms with Crippen molar-refractivity contribution in [3.63, 3.8) is 0 Å². The fourth-order valence-corrected chi connectivity index (χ4v) is 3.76. The van der Waals surface area contributed by atoms with E-state index in [1.807, 2.05) is 59.5 Å². The van der Waals surface area contributed by atoms with E-state index in [4.69, 9.17) is 4.74 Å². The van der Waals surface area contributed by atoms with Gasteiger partial charge in [-0.05, 0) is 48.2 Å². The summed E-state index contributed by atoms with van der Waals surface area (Å²) in [7, 11) is 1.66. The average molecular weight is 365 g/mol. The van der Waals surface area contributed by atoms with Crippen molar-refractivity contribution in [3.05, 3.63) is 88.1 Å². The average Bonchev–Trinajstić information content (AvgIpc) is 3.19. The number of carbonyl (C=O) groups excluding carboxylic acids is 1. The van der Waals surface area contributed by atoms with Gasteiger partial charge >= 0.3 is 0 Å². The molecular weight excluding hydrogens is 342 g/mol. The first-order valence-corrected chi connectivity index (χ1v) is 9.56. The smallest absolute Gasteiger partial charge is 0.254 e. The van der Waals surface area contributed by atoms with Crippen molar-refractivity contribution in [1.82, 2.24) is 4.90 Å². The van der Waals surface area contributed by atoms with E-state index < -0.39 is 0 Å². The molecule has 0 aliphatic carbocycles. The Hall–Kier alpha value is -2.59. The molecule has 0 spiro atoms. The number of thiophene rings is 1. The minimum absolute atomic E-state index is 0.0606. The topological polar surface area (TPSA) is 29.5 Å². The van der Waals surface area contributed by atoms with Gasteiger partial charge in [0, 0.05) is 29.4 Å². The van der Waals surface area contributed by atoms with Crippen molar-refractivity contribution < 1.29 is 9.53 Å². The summed E-state index contributed by atoms with van der Waals surface area (Å²) < 4.78 is 5.23. The van der Waals surface area contributed by atoms with E-state index in [1.54, 1.807) is 18.4 Å². The third-order valence-electron chi connectivity index (χ3n) is 4.40. The summed E-state index contributed by atoms with van der Waals surface area (Å²) in [6.45, 7) is 2.69. The number of rotatable bonds is 7. The van der Waals surface area contributed by atoms with E-state index in [-0.39, 0.29) is 11.9 Å². The molecule has 0 saturated carbocycles. The van der Waals surface area contributed by atoms with Gasteiger partial charge in [0.05, 0.1) is 7.11 Å². The Labute approximate surface area is 158 Å². The molecule has 3 nitrogen and oxygen atoms in total. The van der Waals surface area contributed by atoms with E-state index in [0.717, 1.165) is 23.3 Å².